The molecular formula is C19H24N2O4. The number of hydrogen-bond acceptors (Lipinski definition) is 4. The maximum atomic E-state index is 12.0. The van der Waals surface area contributed by atoms with Gasteiger partial charge < -0.3 is 24.8 Å². The van der Waals surface area contributed by atoms with Crippen LogP contribution in [0.25, 0.3) is 0 Å². The fourth-order valence-electron chi connectivity index (χ4n) is 2.12. The van der Waals surface area contributed by atoms with Crippen LogP contribution >= 0.6 is 0 Å². The summed E-state index contributed by atoms with van der Waals surface area (Å²) in [5.41, 5.74) is 1.76. The van der Waals surface area contributed by atoms with E-state index < -0.39 is 0 Å². The minimum atomic E-state index is -0.362. The van der Waals surface area contributed by atoms with Gasteiger partial charge in [0.05, 0.1) is 13.2 Å². The number of carbonyl (C=O) groups excluding carboxylic acids is 1. The van der Waals surface area contributed by atoms with Crippen molar-refractivity contribution >= 4 is 11.7 Å². The Balaban J connectivity index is 1.86. The van der Waals surface area contributed by atoms with E-state index in [1.54, 1.807) is 18.2 Å². The van der Waals surface area contributed by atoms with Gasteiger partial charge in [-0.3, -0.25) is 0 Å². The number of ether oxygens (including phenoxy) is 3. The molecule has 0 aliphatic rings. The molecule has 2 N–H and O–H groups in total. The molecule has 0 bridgehead atoms. The van der Waals surface area contributed by atoms with Crippen molar-refractivity contribution < 1.29 is 19.0 Å². The van der Waals surface area contributed by atoms with Crippen LogP contribution in [0.5, 0.6) is 17.2 Å². The minimum absolute atomic E-state index is 0.0737. The van der Waals surface area contributed by atoms with Crippen molar-refractivity contribution in [3.8, 4) is 17.2 Å². The molecule has 2 aromatic carbocycles. The van der Waals surface area contributed by atoms with E-state index in [-0.39, 0.29) is 12.8 Å². The fourth-order valence-corrected chi connectivity index (χ4v) is 2.12. The maximum Gasteiger partial charge on any atom is 0.321 e. The molecule has 2 amide bonds. The molecule has 25 heavy (non-hydrogen) atoms. The third-order valence-electron chi connectivity index (χ3n) is 3.29. The molecule has 0 aliphatic heterocycles. The van der Waals surface area contributed by atoms with E-state index in [0.29, 0.717) is 36.1 Å². The maximum absolute atomic E-state index is 12.0. The van der Waals surface area contributed by atoms with Crippen molar-refractivity contribution in [1.82, 2.24) is 5.32 Å². The number of carbonyl (C=O) groups is 1. The molecule has 6 heteroatoms. The van der Waals surface area contributed by atoms with Crippen molar-refractivity contribution in [1.29, 1.82) is 0 Å². The Hall–Kier alpha value is -2.89. The van der Waals surface area contributed by atoms with Crippen LogP contribution in [-0.4, -0.2) is 26.0 Å². The second-order valence-electron chi connectivity index (χ2n) is 5.26. The van der Waals surface area contributed by atoms with Crippen molar-refractivity contribution in [2.24, 2.45) is 0 Å². The average Bonchev–Trinajstić information content (AvgIpc) is 2.59. The van der Waals surface area contributed by atoms with Crippen LogP contribution < -0.4 is 24.8 Å². The smallest absolute Gasteiger partial charge is 0.321 e. The van der Waals surface area contributed by atoms with Gasteiger partial charge in [0.25, 0.3) is 0 Å². The topological polar surface area (TPSA) is 68.8 Å². The van der Waals surface area contributed by atoms with Gasteiger partial charge in [0.15, 0.2) is 18.2 Å². The molecule has 0 radical (unpaired) electrons. The van der Waals surface area contributed by atoms with Crippen molar-refractivity contribution in [2.75, 3.05) is 25.3 Å². The summed E-state index contributed by atoms with van der Waals surface area (Å²) in [5, 5.41) is 5.38. The van der Waals surface area contributed by atoms with Gasteiger partial charge in [-0.05, 0) is 45.0 Å². The molecule has 0 heterocycles. The number of hydrogen-bond donors (Lipinski definition) is 2. The van der Waals surface area contributed by atoms with E-state index in [1.165, 1.54) is 0 Å². The molecule has 0 aliphatic carbocycles. The lowest BCUT2D eigenvalue weighted by Crippen LogP contribution is -2.32. The van der Waals surface area contributed by atoms with Gasteiger partial charge >= 0.3 is 6.03 Å². The van der Waals surface area contributed by atoms with E-state index in [1.807, 2.05) is 45.0 Å². The van der Waals surface area contributed by atoms with E-state index >= 15 is 0 Å². The summed E-state index contributed by atoms with van der Waals surface area (Å²) in [6.07, 6.45) is 0. The first-order chi connectivity index (χ1) is 12.1. The van der Waals surface area contributed by atoms with Gasteiger partial charge in [0.2, 0.25) is 0 Å². The van der Waals surface area contributed by atoms with Crippen LogP contribution in [0.3, 0.4) is 0 Å². The Morgan fingerprint density at radius 1 is 0.920 bits per heavy atom. The first-order valence-electron chi connectivity index (χ1n) is 8.26. The molecule has 2 rings (SSSR count). The Morgan fingerprint density at radius 2 is 1.60 bits per heavy atom. The number of rotatable bonds is 8. The van der Waals surface area contributed by atoms with E-state index in [2.05, 4.69) is 10.6 Å². The van der Waals surface area contributed by atoms with Gasteiger partial charge in [-0.15, -0.1) is 0 Å². The summed E-state index contributed by atoms with van der Waals surface area (Å²) in [4.78, 5) is 12.0. The van der Waals surface area contributed by atoms with Gasteiger partial charge in [0, 0.05) is 11.8 Å². The lowest BCUT2D eigenvalue weighted by Gasteiger charge is -2.13. The van der Waals surface area contributed by atoms with Crippen molar-refractivity contribution in [2.45, 2.75) is 20.8 Å². The average molecular weight is 344 g/mol. The molecule has 0 spiro atoms. The van der Waals surface area contributed by atoms with E-state index in [9.17, 15) is 4.79 Å². The van der Waals surface area contributed by atoms with Gasteiger partial charge in [-0.1, -0.05) is 17.7 Å². The molecule has 134 valence electrons. The SMILES string of the molecule is CCOc1ccc(NC(=O)NCOc2ccc(C)cc2)cc1OCC. The zero-order valence-corrected chi connectivity index (χ0v) is 14.8. The fraction of sp³-hybridized carbons (Fsp3) is 0.316. The van der Waals surface area contributed by atoms with Crippen molar-refractivity contribution in [3.63, 3.8) is 0 Å². The summed E-state index contributed by atoms with van der Waals surface area (Å²) >= 11 is 0. The highest BCUT2D eigenvalue weighted by Gasteiger charge is 2.08. The molecule has 6 nitrogen and oxygen atoms in total. The van der Waals surface area contributed by atoms with Gasteiger partial charge in [-0.2, -0.15) is 0 Å². The minimum Gasteiger partial charge on any atom is -0.490 e. The quantitative estimate of drug-likeness (QED) is 0.712. The van der Waals surface area contributed by atoms with Crippen LogP contribution in [-0.2, 0) is 0 Å². The summed E-state index contributed by atoms with van der Waals surface area (Å²) in [6, 6.07) is 12.5. The largest absolute Gasteiger partial charge is 0.490 e. The standard InChI is InChI=1S/C19H24N2O4/c1-4-23-17-11-8-15(12-18(17)24-5-2)21-19(22)20-13-25-16-9-6-14(3)7-10-16/h6-12H,4-5,13H2,1-3H3,(H2,20,21,22). The second kappa shape index (κ2) is 9.42. The summed E-state index contributed by atoms with van der Waals surface area (Å²) in [6.45, 7) is 6.94. The molecular weight excluding hydrogens is 320 g/mol. The Bertz CT molecular complexity index is 686. The Morgan fingerprint density at radius 3 is 2.28 bits per heavy atom. The third kappa shape index (κ3) is 5.91. The predicted octanol–water partition coefficient (Wildman–Crippen LogP) is 3.95. The zero-order chi connectivity index (χ0) is 18.1. The zero-order valence-electron chi connectivity index (χ0n) is 14.8. The lowest BCUT2D eigenvalue weighted by molar-refractivity contribution is 0.234. The highest BCUT2D eigenvalue weighted by atomic mass is 16.5. The lowest BCUT2D eigenvalue weighted by atomic mass is 10.2. The second-order valence-corrected chi connectivity index (χ2v) is 5.26. The molecule has 0 unspecified atom stereocenters. The molecule has 0 atom stereocenters. The highest BCUT2D eigenvalue weighted by molar-refractivity contribution is 5.89. The predicted molar refractivity (Wildman–Crippen MR) is 97.6 cm³/mol. The van der Waals surface area contributed by atoms with Crippen LogP contribution in [0, 0.1) is 6.92 Å². The number of amides is 2. The van der Waals surface area contributed by atoms with Crippen LogP contribution in [0.2, 0.25) is 0 Å². The third-order valence-corrected chi connectivity index (χ3v) is 3.29. The number of urea groups is 1. The first-order valence-corrected chi connectivity index (χ1v) is 8.26. The molecule has 0 aromatic heterocycles. The summed E-state index contributed by atoms with van der Waals surface area (Å²) in [7, 11) is 0. The molecule has 0 saturated heterocycles. The van der Waals surface area contributed by atoms with Crippen LogP contribution in [0.4, 0.5) is 10.5 Å². The first kappa shape index (κ1) is 18.4. The summed E-state index contributed by atoms with van der Waals surface area (Å²) < 4.78 is 16.5. The number of benzene rings is 2. The van der Waals surface area contributed by atoms with Crippen molar-refractivity contribution in [3.05, 3.63) is 48.0 Å². The highest BCUT2D eigenvalue weighted by Crippen LogP contribution is 2.30. The summed E-state index contributed by atoms with van der Waals surface area (Å²) in [5.74, 6) is 1.95. The normalized spacial score (nSPS) is 10.0. The monoisotopic (exact) mass is 344 g/mol. The molecule has 0 fully saturated rings. The molecule has 0 saturated carbocycles. The molecule has 2 aromatic rings. The van der Waals surface area contributed by atoms with Crippen LogP contribution in [0.15, 0.2) is 42.5 Å². The van der Waals surface area contributed by atoms with Gasteiger partial charge in [0.1, 0.15) is 5.75 Å². The number of nitrogens with one attached hydrogen (secondary N) is 2. The van der Waals surface area contributed by atoms with Crippen LogP contribution in [0.1, 0.15) is 19.4 Å². The Kier molecular flexibility index (Phi) is 6.95. The number of anilines is 1. The van der Waals surface area contributed by atoms with E-state index in [0.717, 1.165) is 5.56 Å². The number of aryl methyl sites for hydroxylation is 1. The van der Waals surface area contributed by atoms with E-state index in [4.69, 9.17) is 14.2 Å². The Labute approximate surface area is 148 Å². The van der Waals surface area contributed by atoms with Gasteiger partial charge in [-0.25, -0.2) is 4.79 Å².